The highest BCUT2D eigenvalue weighted by atomic mass is 35.5. The molecule has 2 amide bonds. The number of ether oxygens (including phenoxy) is 1. The summed E-state index contributed by atoms with van der Waals surface area (Å²) in [5.74, 6) is -0.354. The number of amides is 2. The Morgan fingerprint density at radius 1 is 1.15 bits per heavy atom. The van der Waals surface area contributed by atoms with E-state index in [1.54, 1.807) is 36.4 Å². The van der Waals surface area contributed by atoms with E-state index in [1.165, 1.54) is 19.4 Å². The maximum absolute atomic E-state index is 11.8. The molecule has 0 heterocycles. The van der Waals surface area contributed by atoms with E-state index < -0.39 is 5.91 Å². The Balaban J connectivity index is 1.76. The predicted molar refractivity (Wildman–Crippen MR) is 99.7 cm³/mol. The van der Waals surface area contributed by atoms with Crippen LogP contribution in [0.15, 0.2) is 47.6 Å². The zero-order valence-electron chi connectivity index (χ0n) is 14.0. The second-order valence-electron chi connectivity index (χ2n) is 5.28. The average molecular weight is 376 g/mol. The number of rotatable bonds is 7. The number of nitrogens with one attached hydrogen (secondary N) is 2. The van der Waals surface area contributed by atoms with E-state index in [0.29, 0.717) is 22.0 Å². The number of carbonyl (C=O) groups is 2. The van der Waals surface area contributed by atoms with E-state index in [1.807, 2.05) is 0 Å². The summed E-state index contributed by atoms with van der Waals surface area (Å²) < 4.78 is 4.98. The van der Waals surface area contributed by atoms with Gasteiger partial charge >= 0.3 is 0 Å². The van der Waals surface area contributed by atoms with Crippen LogP contribution in [0.1, 0.15) is 18.4 Å². The first-order chi connectivity index (χ1) is 12.5. The first-order valence-corrected chi connectivity index (χ1v) is 8.10. The van der Waals surface area contributed by atoms with Gasteiger partial charge in [0.05, 0.1) is 13.3 Å². The number of carbonyl (C=O) groups excluding carboxylic acids is 2. The van der Waals surface area contributed by atoms with Crippen molar-refractivity contribution in [3.05, 3.63) is 53.1 Å². The maximum atomic E-state index is 11.8. The number of halogens is 1. The normalized spacial score (nSPS) is 10.5. The molecule has 0 fully saturated rings. The topological polar surface area (TPSA) is 100 Å². The van der Waals surface area contributed by atoms with E-state index in [-0.39, 0.29) is 24.5 Å². The van der Waals surface area contributed by atoms with Crippen LogP contribution in [0.25, 0.3) is 0 Å². The molecule has 0 saturated carbocycles. The SMILES string of the molecule is COc1cc(/C=N/NC(=O)CCC(=O)Nc2ccc(Cl)cc2)ccc1O. The van der Waals surface area contributed by atoms with Gasteiger partial charge < -0.3 is 15.2 Å². The van der Waals surface area contributed by atoms with Crippen LogP contribution in [0.2, 0.25) is 5.02 Å². The number of hydrogen-bond donors (Lipinski definition) is 3. The standard InChI is InChI=1S/C18H18ClN3O4/c1-26-16-10-12(2-7-15(16)23)11-20-22-18(25)9-8-17(24)21-14-5-3-13(19)4-6-14/h2-7,10-11,23H,8-9H2,1H3,(H,21,24)(H,22,25)/b20-11+. The monoisotopic (exact) mass is 375 g/mol. The number of benzene rings is 2. The summed E-state index contributed by atoms with van der Waals surface area (Å²) in [5.41, 5.74) is 3.59. The third-order valence-corrected chi connectivity index (χ3v) is 3.57. The summed E-state index contributed by atoms with van der Waals surface area (Å²) in [6.07, 6.45) is 1.43. The van der Waals surface area contributed by atoms with Gasteiger partial charge in [0.25, 0.3) is 0 Å². The largest absolute Gasteiger partial charge is 0.504 e. The molecule has 2 aromatic rings. The molecule has 0 aliphatic heterocycles. The average Bonchev–Trinajstić information content (AvgIpc) is 2.63. The number of hydrogen-bond acceptors (Lipinski definition) is 5. The van der Waals surface area contributed by atoms with Crippen molar-refractivity contribution < 1.29 is 19.4 Å². The highest BCUT2D eigenvalue weighted by Crippen LogP contribution is 2.25. The molecule has 0 bridgehead atoms. The Kier molecular flexibility index (Phi) is 6.99. The highest BCUT2D eigenvalue weighted by molar-refractivity contribution is 6.30. The summed E-state index contributed by atoms with van der Waals surface area (Å²) in [5, 5.41) is 16.6. The van der Waals surface area contributed by atoms with Crippen LogP contribution >= 0.6 is 11.6 Å². The molecular formula is C18H18ClN3O4. The molecule has 2 rings (SSSR count). The van der Waals surface area contributed by atoms with E-state index in [4.69, 9.17) is 16.3 Å². The lowest BCUT2D eigenvalue weighted by Gasteiger charge is -2.05. The molecule has 0 unspecified atom stereocenters. The molecule has 0 saturated heterocycles. The summed E-state index contributed by atoms with van der Waals surface area (Å²) in [4.78, 5) is 23.5. The first kappa shape index (κ1) is 19.3. The van der Waals surface area contributed by atoms with Crippen molar-refractivity contribution in [1.29, 1.82) is 0 Å². The molecule has 0 spiro atoms. The molecule has 0 aromatic heterocycles. The van der Waals surface area contributed by atoms with Gasteiger partial charge in [-0.3, -0.25) is 9.59 Å². The van der Waals surface area contributed by atoms with Gasteiger partial charge in [-0.05, 0) is 48.0 Å². The molecule has 0 aliphatic rings. The molecule has 7 nitrogen and oxygen atoms in total. The van der Waals surface area contributed by atoms with E-state index in [2.05, 4.69) is 15.8 Å². The molecule has 2 aromatic carbocycles. The van der Waals surface area contributed by atoms with Crippen LogP contribution in [-0.2, 0) is 9.59 Å². The third-order valence-electron chi connectivity index (χ3n) is 3.31. The van der Waals surface area contributed by atoms with Crippen molar-refractivity contribution in [2.45, 2.75) is 12.8 Å². The van der Waals surface area contributed by atoms with Gasteiger partial charge in [0, 0.05) is 23.6 Å². The Labute approximate surface area is 155 Å². The van der Waals surface area contributed by atoms with Crippen molar-refractivity contribution in [3.8, 4) is 11.5 Å². The van der Waals surface area contributed by atoms with Crippen LogP contribution < -0.4 is 15.5 Å². The zero-order chi connectivity index (χ0) is 18.9. The van der Waals surface area contributed by atoms with Crippen molar-refractivity contribution in [3.63, 3.8) is 0 Å². The van der Waals surface area contributed by atoms with Gasteiger partial charge in [-0.15, -0.1) is 0 Å². The lowest BCUT2D eigenvalue weighted by molar-refractivity contribution is -0.124. The van der Waals surface area contributed by atoms with Gasteiger partial charge in [0.15, 0.2) is 11.5 Å². The lowest BCUT2D eigenvalue weighted by atomic mass is 10.2. The number of phenols is 1. The summed E-state index contributed by atoms with van der Waals surface area (Å²) >= 11 is 5.77. The zero-order valence-corrected chi connectivity index (χ0v) is 14.8. The smallest absolute Gasteiger partial charge is 0.240 e. The van der Waals surface area contributed by atoms with Crippen LogP contribution in [0.3, 0.4) is 0 Å². The van der Waals surface area contributed by atoms with Crippen molar-refractivity contribution in [1.82, 2.24) is 5.43 Å². The minimum Gasteiger partial charge on any atom is -0.504 e. The van der Waals surface area contributed by atoms with E-state index in [0.717, 1.165) is 0 Å². The lowest BCUT2D eigenvalue weighted by Crippen LogP contribution is -2.20. The van der Waals surface area contributed by atoms with Crippen LogP contribution in [-0.4, -0.2) is 30.2 Å². The van der Waals surface area contributed by atoms with E-state index >= 15 is 0 Å². The summed E-state index contributed by atoms with van der Waals surface area (Å²) in [6.45, 7) is 0. The molecule has 8 heteroatoms. The summed E-state index contributed by atoms with van der Waals surface area (Å²) in [6, 6.07) is 11.3. The number of anilines is 1. The minimum atomic E-state index is -0.391. The number of phenolic OH excluding ortho intramolecular Hbond substituents is 1. The van der Waals surface area contributed by atoms with Gasteiger partial charge in [-0.2, -0.15) is 5.10 Å². The van der Waals surface area contributed by atoms with E-state index in [9.17, 15) is 14.7 Å². The third kappa shape index (κ3) is 6.10. The van der Waals surface area contributed by atoms with Crippen LogP contribution in [0.4, 0.5) is 5.69 Å². The van der Waals surface area contributed by atoms with Crippen LogP contribution in [0, 0.1) is 0 Å². The molecule has 136 valence electrons. The Morgan fingerprint density at radius 2 is 1.85 bits per heavy atom. The number of methoxy groups -OCH3 is 1. The van der Waals surface area contributed by atoms with Gasteiger partial charge in [-0.1, -0.05) is 11.6 Å². The molecule has 0 radical (unpaired) electrons. The second-order valence-corrected chi connectivity index (χ2v) is 5.72. The molecule has 3 N–H and O–H groups in total. The fourth-order valence-corrected chi connectivity index (χ4v) is 2.12. The number of nitrogens with zero attached hydrogens (tertiary/aromatic N) is 1. The van der Waals surface area contributed by atoms with Crippen LogP contribution in [0.5, 0.6) is 11.5 Å². The number of aromatic hydroxyl groups is 1. The molecular weight excluding hydrogens is 358 g/mol. The van der Waals surface area contributed by atoms with Gasteiger partial charge in [0.2, 0.25) is 11.8 Å². The quantitative estimate of drug-likeness (QED) is 0.511. The van der Waals surface area contributed by atoms with Crippen molar-refractivity contribution in [2.24, 2.45) is 5.10 Å². The second kappa shape index (κ2) is 9.43. The van der Waals surface area contributed by atoms with Crippen molar-refractivity contribution >= 4 is 35.3 Å². The highest BCUT2D eigenvalue weighted by Gasteiger charge is 2.07. The Hall–Kier alpha value is -3.06. The number of hydrazone groups is 1. The Bertz CT molecular complexity index is 807. The first-order valence-electron chi connectivity index (χ1n) is 7.72. The van der Waals surface area contributed by atoms with Gasteiger partial charge in [-0.25, -0.2) is 5.43 Å². The summed E-state index contributed by atoms with van der Waals surface area (Å²) in [7, 11) is 1.44. The maximum Gasteiger partial charge on any atom is 0.240 e. The fraction of sp³-hybridized carbons (Fsp3) is 0.167. The van der Waals surface area contributed by atoms with Gasteiger partial charge in [0.1, 0.15) is 0 Å². The Morgan fingerprint density at radius 3 is 2.54 bits per heavy atom. The van der Waals surface area contributed by atoms with Crippen molar-refractivity contribution in [2.75, 3.05) is 12.4 Å². The molecule has 0 aliphatic carbocycles. The predicted octanol–water partition coefficient (Wildman–Crippen LogP) is 2.92. The fourth-order valence-electron chi connectivity index (χ4n) is 1.99. The molecule has 26 heavy (non-hydrogen) atoms. The minimum absolute atomic E-state index is 0.00430. The molecule has 0 atom stereocenters.